The fourth-order valence-electron chi connectivity index (χ4n) is 0. The Bertz CT molecular complexity index is 96.7. The van der Waals surface area contributed by atoms with E-state index in [1.807, 2.05) is 0 Å². The van der Waals surface area contributed by atoms with E-state index in [9.17, 15) is 0 Å². The van der Waals surface area contributed by atoms with Gasteiger partial charge in [0.25, 0.3) is 0 Å². The van der Waals surface area contributed by atoms with E-state index in [0.717, 1.165) is 0 Å². The summed E-state index contributed by atoms with van der Waals surface area (Å²) in [6.45, 7) is 0. The van der Waals surface area contributed by atoms with Gasteiger partial charge in [-0.2, -0.15) is 0 Å². The van der Waals surface area contributed by atoms with Gasteiger partial charge in [-0.15, -0.1) is 0 Å². The summed E-state index contributed by atoms with van der Waals surface area (Å²) in [6.07, 6.45) is 0. The molecule has 0 rings (SSSR count). The van der Waals surface area contributed by atoms with Gasteiger partial charge in [0.15, 0.2) is 0 Å². The van der Waals surface area contributed by atoms with Crippen LogP contribution < -0.4 is 9.59 Å². The van der Waals surface area contributed by atoms with Gasteiger partial charge in [0, 0.05) is 0 Å². The van der Waals surface area contributed by atoms with E-state index < -0.39 is 18.3 Å². The SMILES string of the molecule is O=[Si]([O-])OO.O=[Si]([O-])OO.[Mg+2]. The summed E-state index contributed by atoms with van der Waals surface area (Å²) in [7, 11) is -6.64. The number of hydrogen-bond acceptors (Lipinski definition) is 8. The summed E-state index contributed by atoms with van der Waals surface area (Å²) in [5, 5.41) is 14.1. The van der Waals surface area contributed by atoms with Gasteiger partial charge in [0.1, 0.15) is 0 Å². The van der Waals surface area contributed by atoms with Crippen LogP contribution in [0.5, 0.6) is 0 Å². The van der Waals surface area contributed by atoms with E-state index in [4.69, 9.17) is 29.0 Å². The maximum atomic E-state index is 8.97. The molecule has 0 spiro atoms. The Hall–Kier alpha value is -0.0800. The van der Waals surface area contributed by atoms with Crippen molar-refractivity contribution in [1.82, 2.24) is 0 Å². The molecule has 0 aromatic heterocycles. The predicted molar refractivity (Wildman–Crippen MR) is 26.1 cm³/mol. The van der Waals surface area contributed by atoms with Crippen molar-refractivity contribution in [2.45, 2.75) is 0 Å². The van der Waals surface area contributed by atoms with Crippen molar-refractivity contribution in [3.05, 3.63) is 0 Å². The Morgan fingerprint density at radius 1 is 1.00 bits per heavy atom. The quantitative estimate of drug-likeness (QED) is 0.268. The maximum Gasteiger partial charge on any atom is 2.00 e. The molecular weight excluding hydrogens is 208 g/mol. The third-order valence-electron chi connectivity index (χ3n) is 0.149. The van der Waals surface area contributed by atoms with Crippen molar-refractivity contribution in [2.24, 2.45) is 0 Å². The normalized spacial score (nSPS) is 6.00. The van der Waals surface area contributed by atoms with Gasteiger partial charge < -0.3 is 27.7 Å². The van der Waals surface area contributed by atoms with E-state index in [-0.39, 0.29) is 23.1 Å². The first kappa shape index (κ1) is 17.1. The van der Waals surface area contributed by atoms with Crippen LogP contribution in [0.4, 0.5) is 0 Å². The summed E-state index contributed by atoms with van der Waals surface area (Å²) in [5.74, 6) is 0. The van der Waals surface area contributed by atoms with Crippen molar-refractivity contribution in [2.75, 3.05) is 0 Å². The molecular formula is H2MgO8Si2. The first-order valence-corrected chi connectivity index (χ1v) is 4.04. The molecule has 0 saturated carbocycles. The van der Waals surface area contributed by atoms with Crippen molar-refractivity contribution in [3.8, 4) is 0 Å². The van der Waals surface area contributed by atoms with Crippen LogP contribution in [0.15, 0.2) is 0 Å². The van der Waals surface area contributed by atoms with E-state index in [1.165, 1.54) is 0 Å². The van der Waals surface area contributed by atoms with Gasteiger partial charge in [0.05, 0.1) is 0 Å². The van der Waals surface area contributed by atoms with Crippen LogP contribution in [0.1, 0.15) is 0 Å². The fourth-order valence-corrected chi connectivity index (χ4v) is 0. The minimum atomic E-state index is -3.32. The molecule has 11 heavy (non-hydrogen) atoms. The predicted octanol–water partition coefficient (Wildman–Crippen LogP) is -3.88. The molecule has 0 heterocycles. The zero-order valence-electron chi connectivity index (χ0n) is 5.05. The second kappa shape index (κ2) is 12.6. The van der Waals surface area contributed by atoms with Crippen LogP contribution >= 0.6 is 0 Å². The van der Waals surface area contributed by atoms with Gasteiger partial charge in [-0.1, -0.05) is 0 Å². The molecule has 8 nitrogen and oxygen atoms in total. The molecule has 0 aromatic carbocycles. The third kappa shape index (κ3) is 40.5. The average Bonchev–Trinajstić information content (AvgIpc) is 1.89. The summed E-state index contributed by atoms with van der Waals surface area (Å²) < 4.78 is 23.4. The molecule has 2 N–H and O–H groups in total. The van der Waals surface area contributed by atoms with Gasteiger partial charge in [-0.25, -0.2) is 0 Å². The van der Waals surface area contributed by atoms with Gasteiger partial charge in [-0.05, 0) is 0 Å². The van der Waals surface area contributed by atoms with Gasteiger partial charge >= 0.3 is 41.4 Å². The van der Waals surface area contributed by atoms with Crippen molar-refractivity contribution in [1.29, 1.82) is 0 Å². The van der Waals surface area contributed by atoms with E-state index >= 15 is 0 Å². The van der Waals surface area contributed by atoms with Gasteiger partial charge in [-0.3, -0.25) is 10.5 Å². The van der Waals surface area contributed by atoms with Crippen LogP contribution in [-0.4, -0.2) is 51.9 Å². The van der Waals surface area contributed by atoms with Gasteiger partial charge in [0.2, 0.25) is 0 Å². The van der Waals surface area contributed by atoms with Crippen LogP contribution in [-0.2, 0) is 18.1 Å². The topological polar surface area (TPSA) is 139 Å². The third-order valence-corrected chi connectivity index (χ3v) is 0.447. The molecule has 0 fully saturated rings. The molecule has 0 radical (unpaired) electrons. The smallest absolute Gasteiger partial charge is 0.478 e. The second-order valence-electron chi connectivity index (χ2n) is 0.683. The molecule has 60 valence electrons. The number of hydrogen-bond donors (Lipinski definition) is 2. The first-order chi connectivity index (χ1) is 4.54. The Balaban J connectivity index is -0.000000107. The average molecular weight is 210 g/mol. The molecule has 0 saturated heterocycles. The fraction of sp³-hybridized carbons (Fsp3) is 0. The molecule has 0 atom stereocenters. The first-order valence-electron chi connectivity index (χ1n) is 1.59. The van der Waals surface area contributed by atoms with Crippen LogP contribution in [0, 0.1) is 0 Å². The minimum Gasteiger partial charge on any atom is -0.478 e. The molecule has 0 aromatic rings. The zero-order valence-corrected chi connectivity index (χ0v) is 8.47. The van der Waals surface area contributed by atoms with Crippen molar-refractivity contribution >= 4 is 41.4 Å². The Morgan fingerprint density at radius 2 is 1.09 bits per heavy atom. The van der Waals surface area contributed by atoms with Crippen LogP contribution in [0.25, 0.3) is 0 Å². The summed E-state index contributed by atoms with van der Waals surface area (Å²) in [4.78, 5) is 17.9. The minimum absolute atomic E-state index is 0. The summed E-state index contributed by atoms with van der Waals surface area (Å²) >= 11 is 0. The zero-order chi connectivity index (χ0) is 8.57. The Labute approximate surface area is 79.8 Å². The van der Waals surface area contributed by atoms with Crippen molar-refractivity contribution in [3.63, 3.8) is 0 Å². The molecule has 0 aliphatic heterocycles. The second-order valence-corrected chi connectivity index (χ2v) is 2.05. The summed E-state index contributed by atoms with van der Waals surface area (Å²) in [6, 6.07) is 0. The van der Waals surface area contributed by atoms with E-state index in [0.29, 0.717) is 0 Å². The molecule has 0 aliphatic carbocycles. The molecule has 0 bridgehead atoms. The molecule has 11 heteroatoms. The maximum absolute atomic E-state index is 8.97. The molecule has 0 aliphatic rings. The standard InChI is InChI=1S/Mg.2HO4Si/c;2*1-4-5(2)3/h;2*1H/q+2;2*-1. The van der Waals surface area contributed by atoms with E-state index in [2.05, 4.69) is 9.15 Å². The van der Waals surface area contributed by atoms with Crippen LogP contribution in [0.3, 0.4) is 0 Å². The Morgan fingerprint density at radius 3 is 1.09 bits per heavy atom. The van der Waals surface area contributed by atoms with E-state index in [1.54, 1.807) is 0 Å². The van der Waals surface area contributed by atoms with Crippen molar-refractivity contribution < 1.29 is 38.2 Å². The Kier molecular flexibility index (Phi) is 19.6. The summed E-state index contributed by atoms with van der Waals surface area (Å²) in [5.41, 5.74) is 0. The molecule has 0 unspecified atom stereocenters. The largest absolute Gasteiger partial charge is 2.00 e. The monoisotopic (exact) mass is 210 g/mol. The van der Waals surface area contributed by atoms with Crippen LogP contribution in [0.2, 0.25) is 0 Å². The molecule has 0 amide bonds. The number of rotatable bonds is 2.